The van der Waals surface area contributed by atoms with Crippen LogP contribution in [0.1, 0.15) is 245 Å². The standard InChI is InChI=1S/C66H113NO8/c1-3-5-7-9-11-13-15-17-19-20-21-22-23-24-25-26-27-28-29-30-31-32-33-34-35-36-37-38-39-40-42-44-46-48-50-52-54-56-62(70)67-59(58-74-66-65(73)64(72)63(71)61(57-68)75-66)60(69)55-53-51-49-47-45-43-41-18-16-14-12-10-8-6-4-2/h5,7,11,13,16-19,21-22,24-25,27-28,45,47,53,55,59-61,63-66,68-69,71-73H,3-4,6,8-10,12,14-15,20,23,26,29-44,46,48-52,54,56-58H2,1-2H3,(H,67,70)/b7-5-,13-11-,18-16+,19-17-,22-21-,25-24-,28-27-,47-45+,55-53+. The number of aliphatic hydroxyl groups is 5. The van der Waals surface area contributed by atoms with Gasteiger partial charge in [-0.05, 0) is 96.3 Å². The van der Waals surface area contributed by atoms with Crippen molar-refractivity contribution in [3.05, 3.63) is 109 Å². The number of amides is 1. The molecule has 0 aromatic carbocycles. The highest BCUT2D eigenvalue weighted by Gasteiger charge is 2.44. The van der Waals surface area contributed by atoms with Crippen molar-refractivity contribution in [2.24, 2.45) is 0 Å². The van der Waals surface area contributed by atoms with Gasteiger partial charge in [0.25, 0.3) is 0 Å². The van der Waals surface area contributed by atoms with Crippen LogP contribution in [0.5, 0.6) is 0 Å². The molecular weight excluding hydrogens is 935 g/mol. The van der Waals surface area contributed by atoms with Crippen LogP contribution < -0.4 is 5.32 Å². The lowest BCUT2D eigenvalue weighted by Crippen LogP contribution is -2.60. The minimum Gasteiger partial charge on any atom is -0.394 e. The van der Waals surface area contributed by atoms with E-state index in [0.717, 1.165) is 89.9 Å². The molecule has 1 rings (SSSR count). The number of aliphatic hydroxyl groups excluding tert-OH is 5. The van der Waals surface area contributed by atoms with E-state index < -0.39 is 49.5 Å². The van der Waals surface area contributed by atoms with Gasteiger partial charge in [-0.25, -0.2) is 0 Å². The Morgan fingerprint density at radius 3 is 1.28 bits per heavy atom. The molecule has 0 aliphatic carbocycles. The van der Waals surface area contributed by atoms with Gasteiger partial charge in [0.05, 0.1) is 25.4 Å². The van der Waals surface area contributed by atoms with Crippen LogP contribution in [-0.2, 0) is 14.3 Å². The predicted octanol–water partition coefficient (Wildman–Crippen LogP) is 15.7. The molecule has 430 valence electrons. The summed E-state index contributed by atoms with van der Waals surface area (Å²) in [4.78, 5) is 13.1. The summed E-state index contributed by atoms with van der Waals surface area (Å²) in [5, 5.41) is 54.4. The maximum atomic E-state index is 13.1. The molecule has 0 aromatic heterocycles. The van der Waals surface area contributed by atoms with E-state index in [0.29, 0.717) is 6.42 Å². The van der Waals surface area contributed by atoms with Crippen molar-refractivity contribution in [3.63, 3.8) is 0 Å². The lowest BCUT2D eigenvalue weighted by molar-refractivity contribution is -0.302. The van der Waals surface area contributed by atoms with Crippen molar-refractivity contribution < 1.29 is 39.8 Å². The van der Waals surface area contributed by atoms with Gasteiger partial charge >= 0.3 is 0 Å². The Labute approximate surface area is 459 Å². The number of carbonyl (C=O) groups is 1. The summed E-state index contributed by atoms with van der Waals surface area (Å²) in [6, 6.07) is -0.832. The van der Waals surface area contributed by atoms with Crippen molar-refractivity contribution in [2.45, 2.75) is 288 Å². The first-order valence-corrected chi connectivity index (χ1v) is 30.6. The molecule has 0 saturated carbocycles. The molecule has 1 amide bonds. The number of allylic oxidation sites excluding steroid dienone is 17. The fourth-order valence-electron chi connectivity index (χ4n) is 9.02. The fraction of sp³-hybridized carbons (Fsp3) is 0.712. The first kappa shape index (κ1) is 69.9. The topological polar surface area (TPSA) is 149 Å². The molecule has 0 spiro atoms. The third-order valence-electron chi connectivity index (χ3n) is 13.8. The van der Waals surface area contributed by atoms with Gasteiger partial charge in [-0.1, -0.05) is 252 Å². The van der Waals surface area contributed by atoms with Gasteiger partial charge in [0.2, 0.25) is 5.91 Å². The van der Waals surface area contributed by atoms with Crippen LogP contribution in [0.4, 0.5) is 0 Å². The van der Waals surface area contributed by atoms with E-state index in [1.54, 1.807) is 6.08 Å². The highest BCUT2D eigenvalue weighted by atomic mass is 16.7. The number of hydrogen-bond donors (Lipinski definition) is 6. The van der Waals surface area contributed by atoms with Crippen LogP contribution in [0.25, 0.3) is 0 Å². The summed E-state index contributed by atoms with van der Waals surface area (Å²) in [7, 11) is 0. The zero-order valence-corrected chi connectivity index (χ0v) is 47.8. The third kappa shape index (κ3) is 43.5. The molecule has 1 aliphatic rings. The van der Waals surface area contributed by atoms with Gasteiger partial charge in [-0.3, -0.25) is 4.79 Å². The minimum atomic E-state index is -1.58. The molecule has 0 bridgehead atoms. The molecule has 7 unspecified atom stereocenters. The summed E-state index contributed by atoms with van der Waals surface area (Å²) in [5.41, 5.74) is 0. The Kier molecular flexibility index (Phi) is 50.5. The minimum absolute atomic E-state index is 0.193. The number of nitrogens with one attached hydrogen (secondary N) is 1. The molecule has 7 atom stereocenters. The molecule has 1 fully saturated rings. The normalized spacial score (nSPS) is 19.7. The van der Waals surface area contributed by atoms with Crippen molar-refractivity contribution in [2.75, 3.05) is 13.2 Å². The van der Waals surface area contributed by atoms with E-state index in [2.05, 4.69) is 116 Å². The monoisotopic (exact) mass is 1050 g/mol. The molecule has 6 N–H and O–H groups in total. The number of rotatable bonds is 51. The second kappa shape index (κ2) is 54.2. The van der Waals surface area contributed by atoms with Crippen molar-refractivity contribution in [1.29, 1.82) is 0 Å². The maximum Gasteiger partial charge on any atom is 0.220 e. The summed E-state index contributed by atoms with van der Waals surface area (Å²) >= 11 is 0. The Morgan fingerprint density at radius 2 is 0.840 bits per heavy atom. The van der Waals surface area contributed by atoms with Crippen LogP contribution >= 0.6 is 0 Å². The molecule has 0 aromatic rings. The largest absolute Gasteiger partial charge is 0.394 e. The summed E-state index contributed by atoms with van der Waals surface area (Å²) in [5.74, 6) is -0.193. The van der Waals surface area contributed by atoms with Gasteiger partial charge < -0.3 is 40.3 Å². The predicted molar refractivity (Wildman–Crippen MR) is 317 cm³/mol. The Hall–Kier alpha value is -3.15. The molecule has 9 heteroatoms. The summed E-state index contributed by atoms with van der Waals surface area (Å²) in [6.45, 7) is 3.62. The molecule has 1 saturated heterocycles. The highest BCUT2D eigenvalue weighted by molar-refractivity contribution is 5.76. The Bertz CT molecular complexity index is 1540. The van der Waals surface area contributed by atoms with Crippen LogP contribution in [0.15, 0.2) is 109 Å². The van der Waals surface area contributed by atoms with Crippen molar-refractivity contribution >= 4 is 5.91 Å². The second-order valence-electron chi connectivity index (χ2n) is 20.7. The fourth-order valence-corrected chi connectivity index (χ4v) is 9.02. The van der Waals surface area contributed by atoms with Gasteiger partial charge in [-0.2, -0.15) is 0 Å². The van der Waals surface area contributed by atoms with E-state index in [4.69, 9.17) is 9.47 Å². The quantitative estimate of drug-likeness (QED) is 0.0261. The Balaban J connectivity index is 2.12. The average molecular weight is 1050 g/mol. The number of ether oxygens (including phenoxy) is 2. The number of unbranched alkanes of at least 4 members (excludes halogenated alkanes) is 25. The molecule has 9 nitrogen and oxygen atoms in total. The molecular formula is C66H113NO8. The van der Waals surface area contributed by atoms with Crippen LogP contribution in [-0.4, -0.2) is 87.5 Å². The second-order valence-corrected chi connectivity index (χ2v) is 20.7. The van der Waals surface area contributed by atoms with Crippen LogP contribution in [0, 0.1) is 0 Å². The average Bonchev–Trinajstić information content (AvgIpc) is 3.41. The van der Waals surface area contributed by atoms with Gasteiger partial charge in [-0.15, -0.1) is 0 Å². The maximum absolute atomic E-state index is 13.1. The van der Waals surface area contributed by atoms with E-state index in [9.17, 15) is 30.3 Å². The molecule has 75 heavy (non-hydrogen) atoms. The zero-order chi connectivity index (χ0) is 54.3. The SMILES string of the molecule is CC/C=C\C/C=C\C/C=C\C/C=C\C/C=C\C/C=C\CCCCCCCCCCCCCCCCCCCCC(=O)NC(COC1OC(CO)C(O)C(O)C1O)C(O)/C=C/CC/C=C/CC/C=C/CCCCCCC. The lowest BCUT2D eigenvalue weighted by atomic mass is 9.99. The summed E-state index contributed by atoms with van der Waals surface area (Å²) in [6.07, 6.45) is 73.2. The van der Waals surface area contributed by atoms with Crippen molar-refractivity contribution in [1.82, 2.24) is 5.32 Å². The first-order valence-electron chi connectivity index (χ1n) is 30.6. The van der Waals surface area contributed by atoms with Gasteiger partial charge in [0, 0.05) is 6.42 Å². The number of carbonyl (C=O) groups excluding carboxylic acids is 1. The lowest BCUT2D eigenvalue weighted by Gasteiger charge is -2.40. The highest BCUT2D eigenvalue weighted by Crippen LogP contribution is 2.23. The van der Waals surface area contributed by atoms with Gasteiger partial charge in [0.1, 0.15) is 24.4 Å². The Morgan fingerprint density at radius 1 is 0.467 bits per heavy atom. The van der Waals surface area contributed by atoms with Crippen molar-refractivity contribution in [3.8, 4) is 0 Å². The molecule has 0 radical (unpaired) electrons. The van der Waals surface area contributed by atoms with Crippen LogP contribution in [0.2, 0.25) is 0 Å². The number of hydrogen-bond acceptors (Lipinski definition) is 8. The van der Waals surface area contributed by atoms with E-state index in [-0.39, 0.29) is 12.5 Å². The van der Waals surface area contributed by atoms with E-state index in [1.165, 1.54) is 135 Å². The smallest absolute Gasteiger partial charge is 0.220 e. The third-order valence-corrected chi connectivity index (χ3v) is 13.8. The zero-order valence-electron chi connectivity index (χ0n) is 47.8. The van der Waals surface area contributed by atoms with Crippen LogP contribution in [0.3, 0.4) is 0 Å². The molecule has 1 heterocycles. The first-order chi connectivity index (χ1) is 36.8. The van der Waals surface area contributed by atoms with E-state index in [1.807, 2.05) is 6.08 Å². The van der Waals surface area contributed by atoms with E-state index >= 15 is 0 Å². The van der Waals surface area contributed by atoms with Gasteiger partial charge in [0.15, 0.2) is 6.29 Å². The molecule has 1 aliphatic heterocycles. The summed E-state index contributed by atoms with van der Waals surface area (Å²) < 4.78 is 11.2.